The van der Waals surface area contributed by atoms with E-state index in [2.05, 4.69) is 9.44 Å². The van der Waals surface area contributed by atoms with Gasteiger partial charge in [0.15, 0.2) is 0 Å². The second-order valence-corrected chi connectivity index (χ2v) is 5.71. The topological polar surface area (TPSA) is 84.2 Å². The fourth-order valence-corrected chi connectivity index (χ4v) is 2.76. The Kier molecular flexibility index (Phi) is 3.26. The van der Waals surface area contributed by atoms with Crippen LogP contribution in [0, 0.1) is 0 Å². The highest BCUT2D eigenvalue weighted by Gasteiger charge is 2.26. The van der Waals surface area contributed by atoms with Gasteiger partial charge in [-0.05, 0) is 37.0 Å². The SMILES string of the molecule is CCc1ccc(NS(=O)(=O)NC2CC2)cc1N. The van der Waals surface area contributed by atoms with Crippen LogP contribution in [-0.2, 0) is 16.6 Å². The molecule has 0 atom stereocenters. The highest BCUT2D eigenvalue weighted by molar-refractivity contribution is 7.90. The molecular weight excluding hydrogens is 238 g/mol. The minimum absolute atomic E-state index is 0.0970. The number of nitrogens with two attached hydrogens (primary N) is 1. The summed E-state index contributed by atoms with van der Waals surface area (Å²) >= 11 is 0. The van der Waals surface area contributed by atoms with Gasteiger partial charge in [-0.3, -0.25) is 4.72 Å². The van der Waals surface area contributed by atoms with Crippen molar-refractivity contribution >= 4 is 21.6 Å². The van der Waals surface area contributed by atoms with Crippen molar-refractivity contribution in [3.63, 3.8) is 0 Å². The molecule has 0 amide bonds. The average Bonchev–Trinajstić information content (AvgIpc) is 3.00. The van der Waals surface area contributed by atoms with Crippen molar-refractivity contribution < 1.29 is 8.42 Å². The minimum atomic E-state index is -3.46. The van der Waals surface area contributed by atoms with Crippen LogP contribution in [0.15, 0.2) is 18.2 Å². The molecule has 0 aromatic heterocycles. The van der Waals surface area contributed by atoms with E-state index in [0.29, 0.717) is 11.4 Å². The Bertz CT molecular complexity index is 509. The lowest BCUT2D eigenvalue weighted by molar-refractivity contribution is 0.586. The zero-order chi connectivity index (χ0) is 12.5. The van der Waals surface area contributed by atoms with Gasteiger partial charge in [0.2, 0.25) is 0 Å². The maximum atomic E-state index is 11.7. The third kappa shape index (κ3) is 3.34. The molecule has 5 nitrogen and oxygen atoms in total. The maximum absolute atomic E-state index is 11.7. The molecule has 4 N–H and O–H groups in total. The van der Waals surface area contributed by atoms with E-state index in [-0.39, 0.29) is 6.04 Å². The summed E-state index contributed by atoms with van der Waals surface area (Å²) in [5, 5.41) is 0. The van der Waals surface area contributed by atoms with Crippen molar-refractivity contribution in [2.75, 3.05) is 10.5 Å². The minimum Gasteiger partial charge on any atom is -0.398 e. The van der Waals surface area contributed by atoms with E-state index < -0.39 is 10.2 Å². The van der Waals surface area contributed by atoms with Gasteiger partial charge in [-0.25, -0.2) is 0 Å². The number of aryl methyl sites for hydroxylation is 1. The normalized spacial score (nSPS) is 15.8. The van der Waals surface area contributed by atoms with Crippen LogP contribution in [-0.4, -0.2) is 14.5 Å². The molecule has 0 saturated heterocycles. The largest absolute Gasteiger partial charge is 0.398 e. The van der Waals surface area contributed by atoms with Crippen LogP contribution in [0.2, 0.25) is 0 Å². The molecule has 0 aliphatic heterocycles. The van der Waals surface area contributed by atoms with E-state index in [9.17, 15) is 8.42 Å². The Balaban J connectivity index is 2.09. The molecule has 1 aromatic carbocycles. The fourth-order valence-electron chi connectivity index (χ4n) is 1.59. The summed E-state index contributed by atoms with van der Waals surface area (Å²) in [5.74, 6) is 0. The van der Waals surface area contributed by atoms with E-state index in [1.54, 1.807) is 12.1 Å². The van der Waals surface area contributed by atoms with Crippen molar-refractivity contribution in [2.45, 2.75) is 32.2 Å². The zero-order valence-electron chi connectivity index (χ0n) is 9.73. The van der Waals surface area contributed by atoms with Gasteiger partial charge < -0.3 is 5.73 Å². The number of benzene rings is 1. The predicted molar refractivity (Wildman–Crippen MR) is 68.9 cm³/mol. The van der Waals surface area contributed by atoms with Crippen LogP contribution in [0.4, 0.5) is 11.4 Å². The van der Waals surface area contributed by atoms with Crippen LogP contribution in [0.1, 0.15) is 25.3 Å². The van der Waals surface area contributed by atoms with Gasteiger partial charge in [0.25, 0.3) is 10.2 Å². The van der Waals surface area contributed by atoms with E-state index in [0.717, 1.165) is 24.8 Å². The molecule has 1 fully saturated rings. The highest BCUT2D eigenvalue weighted by atomic mass is 32.2. The summed E-state index contributed by atoms with van der Waals surface area (Å²) in [4.78, 5) is 0. The molecule has 94 valence electrons. The molecular formula is C11H17N3O2S. The quantitative estimate of drug-likeness (QED) is 0.692. The van der Waals surface area contributed by atoms with Crippen LogP contribution < -0.4 is 15.2 Å². The molecule has 1 aliphatic carbocycles. The first-order valence-electron chi connectivity index (χ1n) is 5.68. The second-order valence-electron chi connectivity index (χ2n) is 4.26. The van der Waals surface area contributed by atoms with Crippen LogP contribution in [0.25, 0.3) is 0 Å². The lowest BCUT2D eigenvalue weighted by Gasteiger charge is -2.10. The van der Waals surface area contributed by atoms with Crippen molar-refractivity contribution in [3.05, 3.63) is 23.8 Å². The number of hydrogen-bond donors (Lipinski definition) is 3. The summed E-state index contributed by atoms with van der Waals surface area (Å²) in [6.07, 6.45) is 2.66. The lowest BCUT2D eigenvalue weighted by Crippen LogP contribution is -2.31. The zero-order valence-corrected chi connectivity index (χ0v) is 10.5. The van der Waals surface area contributed by atoms with E-state index in [1.165, 1.54) is 0 Å². The fraction of sp³-hybridized carbons (Fsp3) is 0.455. The second kappa shape index (κ2) is 4.54. The summed E-state index contributed by atoms with van der Waals surface area (Å²) in [5.41, 5.74) is 7.93. The maximum Gasteiger partial charge on any atom is 0.299 e. The Labute approximate surface area is 102 Å². The first-order valence-corrected chi connectivity index (χ1v) is 7.17. The molecule has 1 saturated carbocycles. The molecule has 17 heavy (non-hydrogen) atoms. The van der Waals surface area contributed by atoms with E-state index >= 15 is 0 Å². The number of nitrogens with one attached hydrogen (secondary N) is 2. The van der Waals surface area contributed by atoms with Gasteiger partial charge >= 0.3 is 0 Å². The predicted octanol–water partition coefficient (Wildman–Crippen LogP) is 1.24. The van der Waals surface area contributed by atoms with Gasteiger partial charge in [-0.1, -0.05) is 13.0 Å². The first kappa shape index (κ1) is 12.2. The summed E-state index contributed by atoms with van der Waals surface area (Å²) in [6, 6.07) is 5.30. The molecule has 2 rings (SSSR count). The molecule has 0 spiro atoms. The van der Waals surface area contributed by atoms with E-state index in [1.807, 2.05) is 13.0 Å². The summed E-state index contributed by atoms with van der Waals surface area (Å²) < 4.78 is 28.3. The van der Waals surface area contributed by atoms with Crippen molar-refractivity contribution in [1.29, 1.82) is 0 Å². The molecule has 1 aliphatic rings. The van der Waals surface area contributed by atoms with E-state index in [4.69, 9.17) is 5.73 Å². The standard InChI is InChI=1S/C11H17N3O2S/c1-2-8-3-4-10(7-11(8)12)14-17(15,16)13-9-5-6-9/h3-4,7,9,13-14H,2,5-6,12H2,1H3. The van der Waals surface area contributed by atoms with Gasteiger partial charge in [-0.15, -0.1) is 0 Å². The Morgan fingerprint density at radius 1 is 1.41 bits per heavy atom. The third-order valence-electron chi connectivity index (χ3n) is 2.68. The van der Waals surface area contributed by atoms with Gasteiger partial charge in [-0.2, -0.15) is 13.1 Å². The number of rotatable bonds is 5. The first-order chi connectivity index (χ1) is 8.00. The summed E-state index contributed by atoms with van der Waals surface area (Å²) in [7, 11) is -3.46. The van der Waals surface area contributed by atoms with Gasteiger partial charge in [0.05, 0.1) is 5.69 Å². The highest BCUT2D eigenvalue weighted by Crippen LogP contribution is 2.22. The molecule has 0 unspecified atom stereocenters. The number of nitrogen functional groups attached to an aromatic ring is 1. The lowest BCUT2D eigenvalue weighted by atomic mass is 10.1. The van der Waals surface area contributed by atoms with Gasteiger partial charge in [0, 0.05) is 11.7 Å². The Morgan fingerprint density at radius 3 is 2.65 bits per heavy atom. The smallest absolute Gasteiger partial charge is 0.299 e. The molecule has 1 aromatic rings. The van der Waals surface area contributed by atoms with Crippen LogP contribution in [0.3, 0.4) is 0 Å². The average molecular weight is 255 g/mol. The van der Waals surface area contributed by atoms with Crippen LogP contribution >= 0.6 is 0 Å². The molecule has 6 heteroatoms. The third-order valence-corrected chi connectivity index (χ3v) is 3.83. The van der Waals surface area contributed by atoms with Crippen molar-refractivity contribution in [2.24, 2.45) is 0 Å². The van der Waals surface area contributed by atoms with Crippen molar-refractivity contribution in [3.8, 4) is 0 Å². The molecule has 0 bridgehead atoms. The molecule has 0 radical (unpaired) electrons. The van der Waals surface area contributed by atoms with Crippen molar-refractivity contribution in [1.82, 2.24) is 4.72 Å². The summed E-state index contributed by atoms with van der Waals surface area (Å²) in [6.45, 7) is 2.00. The Morgan fingerprint density at radius 2 is 2.12 bits per heavy atom. The van der Waals surface area contributed by atoms with Crippen LogP contribution in [0.5, 0.6) is 0 Å². The Hall–Kier alpha value is -1.27. The molecule has 0 heterocycles. The number of hydrogen-bond acceptors (Lipinski definition) is 3. The monoisotopic (exact) mass is 255 g/mol. The number of anilines is 2. The van der Waals surface area contributed by atoms with Gasteiger partial charge in [0.1, 0.15) is 0 Å².